The van der Waals surface area contributed by atoms with Gasteiger partial charge in [0.05, 0.1) is 0 Å². The first-order valence-corrected chi connectivity index (χ1v) is 5.53. The number of pyridine rings is 1. The lowest BCUT2D eigenvalue weighted by Crippen LogP contribution is -2.00. The van der Waals surface area contributed by atoms with Gasteiger partial charge in [-0.05, 0) is 24.3 Å². The molecule has 2 heterocycles. The molecule has 0 spiro atoms. The highest BCUT2D eigenvalue weighted by molar-refractivity contribution is 5.94. The van der Waals surface area contributed by atoms with Crippen molar-refractivity contribution in [2.45, 2.75) is 0 Å². The molecule has 0 saturated carbocycles. The number of carboxylic acid groups (broad SMARTS) is 1. The maximum absolute atomic E-state index is 11.1. The molecule has 0 bridgehead atoms. The Kier molecular flexibility index (Phi) is 2.42. The third-order valence-corrected chi connectivity index (χ3v) is 2.70. The van der Waals surface area contributed by atoms with E-state index in [4.69, 9.17) is 5.11 Å². The molecule has 0 fully saturated rings. The highest BCUT2D eigenvalue weighted by Gasteiger charge is 2.13. The molecular weight excluding hydrogens is 246 g/mol. The van der Waals surface area contributed by atoms with Crippen molar-refractivity contribution in [2.75, 3.05) is 0 Å². The van der Waals surface area contributed by atoms with Crippen LogP contribution in [0, 0.1) is 0 Å². The Bertz CT molecular complexity index is 780. The number of nitrogens with zero attached hydrogens (tertiary/aromatic N) is 3. The number of carbonyl (C=O) groups is 1. The third-order valence-electron chi connectivity index (χ3n) is 2.70. The van der Waals surface area contributed by atoms with Crippen LogP contribution in [0.5, 0.6) is 5.75 Å². The Morgan fingerprint density at radius 1 is 1.21 bits per heavy atom. The van der Waals surface area contributed by atoms with Gasteiger partial charge in [0, 0.05) is 11.8 Å². The fraction of sp³-hybridized carbons (Fsp3) is 0. The van der Waals surface area contributed by atoms with E-state index in [9.17, 15) is 9.90 Å². The summed E-state index contributed by atoms with van der Waals surface area (Å²) >= 11 is 0. The summed E-state index contributed by atoms with van der Waals surface area (Å²) in [6, 6.07) is 9.55. The first-order valence-electron chi connectivity index (χ1n) is 5.53. The second-order valence-corrected chi connectivity index (χ2v) is 3.98. The van der Waals surface area contributed by atoms with Gasteiger partial charge in [0.25, 0.3) is 0 Å². The highest BCUT2D eigenvalue weighted by atomic mass is 16.4. The van der Waals surface area contributed by atoms with Crippen molar-refractivity contribution in [3.05, 3.63) is 48.2 Å². The van der Waals surface area contributed by atoms with E-state index in [2.05, 4.69) is 10.1 Å². The topological polar surface area (TPSA) is 87.7 Å². The Balaban J connectivity index is 2.22. The molecule has 6 nitrogen and oxygen atoms in total. The van der Waals surface area contributed by atoms with Crippen LogP contribution in [-0.4, -0.2) is 30.8 Å². The lowest BCUT2D eigenvalue weighted by atomic mass is 10.2. The van der Waals surface area contributed by atoms with Crippen LogP contribution >= 0.6 is 0 Å². The molecule has 1 aromatic carbocycles. The number of rotatable bonds is 2. The largest absolute Gasteiger partial charge is 0.508 e. The smallest absolute Gasteiger partial charge is 0.339 e. The first kappa shape index (κ1) is 11.2. The number of phenolic OH excluding ortho intramolecular Hbond substituents is 1. The zero-order valence-corrected chi connectivity index (χ0v) is 9.69. The SMILES string of the molecule is O=C(O)c1cccn2nc(-c3cccc(O)c3)nc12. The van der Waals surface area contributed by atoms with E-state index >= 15 is 0 Å². The minimum absolute atomic E-state index is 0.0846. The third kappa shape index (κ3) is 1.89. The summed E-state index contributed by atoms with van der Waals surface area (Å²) in [5, 5.41) is 22.7. The number of phenols is 1. The average Bonchev–Trinajstić information content (AvgIpc) is 2.82. The number of aromatic nitrogens is 3. The summed E-state index contributed by atoms with van der Waals surface area (Å²) in [6.45, 7) is 0. The Morgan fingerprint density at radius 3 is 2.79 bits per heavy atom. The molecule has 3 aromatic rings. The molecular formula is C13H9N3O3. The molecule has 0 saturated heterocycles. The molecule has 0 amide bonds. The molecule has 0 aliphatic heterocycles. The predicted molar refractivity (Wildman–Crippen MR) is 67.0 cm³/mol. The molecule has 0 unspecified atom stereocenters. The predicted octanol–water partition coefficient (Wildman–Crippen LogP) is 1.80. The fourth-order valence-electron chi connectivity index (χ4n) is 1.84. The minimum atomic E-state index is -1.06. The number of hydrogen-bond acceptors (Lipinski definition) is 4. The van der Waals surface area contributed by atoms with E-state index in [-0.39, 0.29) is 17.0 Å². The van der Waals surface area contributed by atoms with Crippen molar-refractivity contribution >= 4 is 11.6 Å². The van der Waals surface area contributed by atoms with Crippen LogP contribution in [0.2, 0.25) is 0 Å². The van der Waals surface area contributed by atoms with Crippen LogP contribution in [0.3, 0.4) is 0 Å². The van der Waals surface area contributed by atoms with Crippen LogP contribution in [0.25, 0.3) is 17.0 Å². The number of aromatic carboxylic acids is 1. The Labute approximate surface area is 107 Å². The fourth-order valence-corrected chi connectivity index (χ4v) is 1.84. The normalized spacial score (nSPS) is 10.7. The van der Waals surface area contributed by atoms with Gasteiger partial charge in [0.15, 0.2) is 11.5 Å². The second kappa shape index (κ2) is 4.09. The lowest BCUT2D eigenvalue weighted by Gasteiger charge is -1.94. The zero-order valence-electron chi connectivity index (χ0n) is 9.69. The monoisotopic (exact) mass is 255 g/mol. The van der Waals surface area contributed by atoms with Gasteiger partial charge in [-0.2, -0.15) is 0 Å². The quantitative estimate of drug-likeness (QED) is 0.729. The van der Waals surface area contributed by atoms with Crippen molar-refractivity contribution in [2.24, 2.45) is 0 Å². The summed E-state index contributed by atoms with van der Waals surface area (Å²) in [6.07, 6.45) is 1.63. The van der Waals surface area contributed by atoms with Gasteiger partial charge in [-0.3, -0.25) is 0 Å². The van der Waals surface area contributed by atoms with E-state index in [1.54, 1.807) is 30.5 Å². The summed E-state index contributed by atoms with van der Waals surface area (Å²) in [7, 11) is 0. The summed E-state index contributed by atoms with van der Waals surface area (Å²) in [5.74, 6) is -0.583. The van der Waals surface area contributed by atoms with Gasteiger partial charge in [-0.15, -0.1) is 5.10 Å². The van der Waals surface area contributed by atoms with Gasteiger partial charge >= 0.3 is 5.97 Å². The first-order chi connectivity index (χ1) is 9.15. The van der Waals surface area contributed by atoms with Crippen molar-refractivity contribution in [3.8, 4) is 17.1 Å². The van der Waals surface area contributed by atoms with Crippen LogP contribution in [0.1, 0.15) is 10.4 Å². The van der Waals surface area contributed by atoms with E-state index in [0.29, 0.717) is 11.4 Å². The molecule has 19 heavy (non-hydrogen) atoms. The summed E-state index contributed by atoms with van der Waals surface area (Å²) in [5.41, 5.74) is 0.981. The maximum atomic E-state index is 11.1. The molecule has 2 aromatic heterocycles. The van der Waals surface area contributed by atoms with Gasteiger partial charge in [0.1, 0.15) is 11.3 Å². The molecule has 3 rings (SSSR count). The number of carboxylic acids is 1. The number of hydrogen-bond donors (Lipinski definition) is 2. The van der Waals surface area contributed by atoms with Crippen molar-refractivity contribution in [3.63, 3.8) is 0 Å². The van der Waals surface area contributed by atoms with E-state index < -0.39 is 5.97 Å². The van der Waals surface area contributed by atoms with Crippen LogP contribution in [-0.2, 0) is 0 Å². The summed E-state index contributed by atoms with van der Waals surface area (Å²) < 4.78 is 1.41. The Morgan fingerprint density at radius 2 is 2.05 bits per heavy atom. The minimum Gasteiger partial charge on any atom is -0.508 e. The van der Waals surface area contributed by atoms with Gasteiger partial charge < -0.3 is 10.2 Å². The molecule has 0 atom stereocenters. The number of benzene rings is 1. The Hall–Kier alpha value is -2.89. The van der Waals surface area contributed by atoms with Crippen molar-refractivity contribution < 1.29 is 15.0 Å². The maximum Gasteiger partial charge on any atom is 0.339 e. The molecule has 0 radical (unpaired) electrons. The van der Waals surface area contributed by atoms with Crippen LogP contribution in [0.15, 0.2) is 42.6 Å². The van der Waals surface area contributed by atoms with Gasteiger partial charge in [-0.1, -0.05) is 12.1 Å². The number of aromatic hydroxyl groups is 1. The van der Waals surface area contributed by atoms with E-state index in [0.717, 1.165) is 0 Å². The molecule has 6 heteroatoms. The van der Waals surface area contributed by atoms with Crippen LogP contribution in [0.4, 0.5) is 0 Å². The number of fused-ring (bicyclic) bond motifs is 1. The lowest BCUT2D eigenvalue weighted by molar-refractivity contribution is 0.0698. The van der Waals surface area contributed by atoms with Crippen molar-refractivity contribution in [1.82, 2.24) is 14.6 Å². The van der Waals surface area contributed by atoms with Crippen LogP contribution < -0.4 is 0 Å². The molecule has 0 aliphatic rings. The van der Waals surface area contributed by atoms with Gasteiger partial charge in [-0.25, -0.2) is 14.3 Å². The second-order valence-electron chi connectivity index (χ2n) is 3.98. The van der Waals surface area contributed by atoms with E-state index in [1.807, 2.05) is 0 Å². The zero-order chi connectivity index (χ0) is 13.4. The highest BCUT2D eigenvalue weighted by Crippen LogP contribution is 2.21. The van der Waals surface area contributed by atoms with Gasteiger partial charge in [0.2, 0.25) is 0 Å². The molecule has 94 valence electrons. The van der Waals surface area contributed by atoms with Crippen molar-refractivity contribution in [1.29, 1.82) is 0 Å². The standard InChI is InChI=1S/C13H9N3O3/c17-9-4-1-3-8(7-9)11-14-12-10(13(18)19)5-2-6-16(12)15-11/h1-7,17H,(H,18,19). The van der Waals surface area contributed by atoms with E-state index in [1.165, 1.54) is 16.6 Å². The summed E-state index contributed by atoms with van der Waals surface area (Å²) in [4.78, 5) is 15.3. The average molecular weight is 255 g/mol. The molecule has 2 N–H and O–H groups in total. The molecule has 0 aliphatic carbocycles.